The van der Waals surface area contributed by atoms with E-state index in [0.717, 1.165) is 25.7 Å². The molecule has 1 aromatic heterocycles. The fourth-order valence-electron chi connectivity index (χ4n) is 2.26. The van der Waals surface area contributed by atoms with Gasteiger partial charge >= 0.3 is 0 Å². The average Bonchev–Trinajstić information content (AvgIpc) is 2.38. The molecule has 6 nitrogen and oxygen atoms in total. The van der Waals surface area contributed by atoms with Crippen molar-refractivity contribution in [3.8, 4) is 0 Å². The van der Waals surface area contributed by atoms with Crippen LogP contribution in [0, 0.1) is 0 Å². The monoisotopic (exact) mass is 284 g/mol. The van der Waals surface area contributed by atoms with Crippen molar-refractivity contribution in [2.45, 2.75) is 37.0 Å². The molecule has 1 aliphatic heterocycles. The van der Waals surface area contributed by atoms with Crippen LogP contribution in [0.1, 0.15) is 32.1 Å². The van der Waals surface area contributed by atoms with Crippen LogP contribution >= 0.6 is 0 Å². The number of nitrogens with zero attached hydrogens (tertiary/aromatic N) is 2. The Kier molecular flexibility index (Phi) is 4.73. The first-order valence-corrected chi connectivity index (χ1v) is 8.01. The van der Waals surface area contributed by atoms with Crippen molar-refractivity contribution in [1.29, 1.82) is 0 Å². The van der Waals surface area contributed by atoms with Gasteiger partial charge in [-0.05, 0) is 18.9 Å². The van der Waals surface area contributed by atoms with Gasteiger partial charge in [0.05, 0.1) is 4.90 Å². The highest BCUT2D eigenvalue weighted by Crippen LogP contribution is 2.21. The van der Waals surface area contributed by atoms with E-state index in [0.29, 0.717) is 18.9 Å². The molecule has 0 aromatic carbocycles. The van der Waals surface area contributed by atoms with Crippen molar-refractivity contribution < 1.29 is 8.42 Å². The van der Waals surface area contributed by atoms with E-state index in [2.05, 4.69) is 10.4 Å². The van der Waals surface area contributed by atoms with Gasteiger partial charge in [-0.25, -0.2) is 19.2 Å². The van der Waals surface area contributed by atoms with Crippen molar-refractivity contribution in [2.75, 3.05) is 18.5 Å². The van der Waals surface area contributed by atoms with Crippen molar-refractivity contribution in [1.82, 2.24) is 9.29 Å². The van der Waals surface area contributed by atoms with Gasteiger partial charge in [0.25, 0.3) is 0 Å². The fourth-order valence-corrected chi connectivity index (χ4v) is 3.79. The van der Waals surface area contributed by atoms with E-state index in [1.165, 1.54) is 24.8 Å². The van der Waals surface area contributed by atoms with E-state index in [4.69, 9.17) is 5.84 Å². The topological polar surface area (TPSA) is 88.3 Å². The average molecular weight is 284 g/mol. The van der Waals surface area contributed by atoms with Crippen LogP contribution in [0.5, 0.6) is 0 Å². The van der Waals surface area contributed by atoms with E-state index in [9.17, 15) is 8.42 Å². The third-order valence-electron chi connectivity index (χ3n) is 3.33. The summed E-state index contributed by atoms with van der Waals surface area (Å²) in [5.74, 6) is 5.62. The Labute approximate surface area is 114 Å². The number of hydrogen-bond donors (Lipinski definition) is 2. The fraction of sp³-hybridized carbons (Fsp3) is 0.583. The third-order valence-corrected chi connectivity index (χ3v) is 5.23. The lowest BCUT2D eigenvalue weighted by atomic mass is 10.1. The molecule has 3 N–H and O–H groups in total. The molecule has 0 bridgehead atoms. The van der Waals surface area contributed by atoms with Gasteiger partial charge in [0.1, 0.15) is 5.82 Å². The van der Waals surface area contributed by atoms with Crippen molar-refractivity contribution in [3.63, 3.8) is 0 Å². The van der Waals surface area contributed by atoms with Gasteiger partial charge in [-0.1, -0.05) is 19.3 Å². The Balaban J connectivity index is 2.23. The molecular weight excluding hydrogens is 264 g/mol. The molecule has 1 aliphatic rings. The second-order valence-corrected chi connectivity index (χ2v) is 6.63. The van der Waals surface area contributed by atoms with Crippen molar-refractivity contribution >= 4 is 15.8 Å². The first kappa shape index (κ1) is 14.2. The van der Waals surface area contributed by atoms with E-state index in [-0.39, 0.29) is 4.90 Å². The molecule has 0 saturated carbocycles. The minimum atomic E-state index is -3.44. The molecule has 0 amide bonds. The highest BCUT2D eigenvalue weighted by molar-refractivity contribution is 7.89. The minimum absolute atomic E-state index is 0.246. The highest BCUT2D eigenvalue weighted by atomic mass is 32.2. The van der Waals surface area contributed by atoms with E-state index in [1.54, 1.807) is 4.31 Å². The summed E-state index contributed by atoms with van der Waals surface area (Å²) in [6.45, 7) is 1.19. The number of rotatable bonds is 3. The number of aromatic nitrogens is 1. The molecule has 0 atom stereocenters. The van der Waals surface area contributed by atoms with Gasteiger partial charge in [0.15, 0.2) is 0 Å². The summed E-state index contributed by atoms with van der Waals surface area (Å²) in [7, 11) is -3.44. The van der Waals surface area contributed by atoms with Crippen LogP contribution in [0.4, 0.5) is 5.82 Å². The second-order valence-electron chi connectivity index (χ2n) is 4.69. The zero-order valence-corrected chi connectivity index (χ0v) is 11.7. The summed E-state index contributed by atoms with van der Waals surface area (Å²) in [6, 6.07) is 2.98. The largest absolute Gasteiger partial charge is 0.308 e. The molecule has 7 heteroatoms. The van der Waals surface area contributed by atoms with Crippen LogP contribution in [-0.2, 0) is 10.0 Å². The zero-order valence-electron chi connectivity index (χ0n) is 10.9. The maximum atomic E-state index is 12.5. The Bertz CT molecular complexity index is 510. The number of hydrogen-bond acceptors (Lipinski definition) is 5. The lowest BCUT2D eigenvalue weighted by molar-refractivity contribution is 0.364. The summed E-state index contributed by atoms with van der Waals surface area (Å²) in [6.07, 6.45) is 6.69. The predicted octanol–water partition coefficient (Wildman–Crippen LogP) is 1.32. The number of anilines is 1. The molecule has 2 rings (SSSR count). The molecule has 0 radical (unpaired) electrons. The quantitative estimate of drug-likeness (QED) is 0.645. The maximum Gasteiger partial charge on any atom is 0.243 e. The van der Waals surface area contributed by atoms with Crippen molar-refractivity contribution in [3.05, 3.63) is 18.3 Å². The number of sulfonamides is 1. The lowest BCUT2D eigenvalue weighted by Crippen LogP contribution is -2.34. The molecule has 106 valence electrons. The van der Waals surface area contributed by atoms with Crippen LogP contribution in [0.25, 0.3) is 0 Å². The lowest BCUT2D eigenvalue weighted by Gasteiger charge is -2.24. The summed E-state index contributed by atoms with van der Waals surface area (Å²) < 4.78 is 26.7. The molecule has 0 aliphatic carbocycles. The van der Waals surface area contributed by atoms with E-state index >= 15 is 0 Å². The smallest absolute Gasteiger partial charge is 0.243 e. The van der Waals surface area contributed by atoms with Crippen LogP contribution in [-0.4, -0.2) is 30.8 Å². The molecular formula is C12H20N4O2S. The summed E-state index contributed by atoms with van der Waals surface area (Å²) in [5.41, 5.74) is 2.37. The van der Waals surface area contributed by atoms with E-state index < -0.39 is 10.0 Å². The van der Waals surface area contributed by atoms with Crippen LogP contribution in [0.3, 0.4) is 0 Å². The standard InChI is InChI=1S/C12H20N4O2S/c13-15-12-10-11(6-7-14-12)19(17,18)16-8-4-2-1-3-5-9-16/h6-7,10H,1-5,8-9,13H2,(H,14,15). The number of pyridine rings is 1. The van der Waals surface area contributed by atoms with E-state index in [1.807, 2.05) is 0 Å². The van der Waals surface area contributed by atoms with Gasteiger partial charge in [0.2, 0.25) is 10.0 Å². The maximum absolute atomic E-state index is 12.5. The first-order valence-electron chi connectivity index (χ1n) is 6.57. The minimum Gasteiger partial charge on any atom is -0.308 e. The van der Waals surface area contributed by atoms with Crippen LogP contribution < -0.4 is 11.3 Å². The number of nitrogens with two attached hydrogens (primary N) is 1. The van der Waals surface area contributed by atoms with Gasteiger partial charge in [-0.2, -0.15) is 4.31 Å². The SMILES string of the molecule is NNc1cc(S(=O)(=O)N2CCCCCCC2)ccn1. The van der Waals surface area contributed by atoms with Gasteiger partial charge < -0.3 is 5.43 Å². The zero-order chi connectivity index (χ0) is 13.7. The van der Waals surface area contributed by atoms with Crippen LogP contribution in [0.2, 0.25) is 0 Å². The highest BCUT2D eigenvalue weighted by Gasteiger charge is 2.24. The molecule has 2 heterocycles. The third kappa shape index (κ3) is 3.43. The second kappa shape index (κ2) is 6.31. The Hall–Kier alpha value is -1.18. The van der Waals surface area contributed by atoms with Crippen molar-refractivity contribution in [2.24, 2.45) is 5.84 Å². The predicted molar refractivity (Wildman–Crippen MR) is 73.9 cm³/mol. The Morgan fingerprint density at radius 3 is 2.42 bits per heavy atom. The molecule has 1 aromatic rings. The first-order chi connectivity index (χ1) is 9.14. The Morgan fingerprint density at radius 1 is 1.16 bits per heavy atom. The normalized spacial score (nSPS) is 18.6. The molecule has 19 heavy (non-hydrogen) atoms. The van der Waals surface area contributed by atoms with Crippen LogP contribution in [0.15, 0.2) is 23.2 Å². The van der Waals surface area contributed by atoms with Gasteiger partial charge in [0, 0.05) is 25.4 Å². The molecule has 0 unspecified atom stereocenters. The molecule has 1 saturated heterocycles. The van der Waals surface area contributed by atoms with Gasteiger partial charge in [-0.15, -0.1) is 0 Å². The number of nitrogen functional groups attached to an aromatic ring is 1. The summed E-state index contributed by atoms with van der Waals surface area (Å²) >= 11 is 0. The number of hydrazine groups is 1. The molecule has 0 spiro atoms. The van der Waals surface area contributed by atoms with Gasteiger partial charge in [-0.3, -0.25) is 0 Å². The summed E-state index contributed by atoms with van der Waals surface area (Å²) in [4.78, 5) is 4.18. The summed E-state index contributed by atoms with van der Waals surface area (Å²) in [5, 5.41) is 0. The molecule has 1 fully saturated rings. The number of nitrogens with one attached hydrogen (secondary N) is 1. The Morgan fingerprint density at radius 2 is 1.79 bits per heavy atom.